The molecule has 1 amide bonds. The SMILES string of the molecule is CC(C)(C)OCC(=O)NCc1cc(Br)cs1. The first-order valence-electron chi connectivity index (χ1n) is 5.00. The molecule has 0 aliphatic carbocycles. The number of rotatable bonds is 4. The molecule has 0 aliphatic heterocycles. The summed E-state index contributed by atoms with van der Waals surface area (Å²) in [6.45, 7) is 6.45. The Morgan fingerprint density at radius 3 is 2.75 bits per heavy atom. The molecule has 1 rings (SSSR count). The molecule has 5 heteroatoms. The maximum atomic E-state index is 11.4. The maximum Gasteiger partial charge on any atom is 0.246 e. The number of hydrogen-bond acceptors (Lipinski definition) is 3. The number of amides is 1. The fourth-order valence-electron chi connectivity index (χ4n) is 0.965. The fraction of sp³-hybridized carbons (Fsp3) is 0.545. The highest BCUT2D eigenvalue weighted by Crippen LogP contribution is 2.19. The van der Waals surface area contributed by atoms with Crippen molar-refractivity contribution in [2.45, 2.75) is 32.9 Å². The summed E-state index contributed by atoms with van der Waals surface area (Å²) < 4.78 is 6.42. The molecule has 3 nitrogen and oxygen atoms in total. The van der Waals surface area contributed by atoms with Crippen molar-refractivity contribution in [1.29, 1.82) is 0 Å². The number of halogens is 1. The lowest BCUT2D eigenvalue weighted by atomic mass is 10.2. The van der Waals surface area contributed by atoms with E-state index in [1.165, 1.54) is 0 Å². The molecule has 0 atom stereocenters. The van der Waals surface area contributed by atoms with Crippen molar-refractivity contribution in [2.75, 3.05) is 6.61 Å². The highest BCUT2D eigenvalue weighted by Gasteiger charge is 2.12. The Hall–Kier alpha value is -0.390. The number of hydrogen-bond donors (Lipinski definition) is 1. The van der Waals surface area contributed by atoms with E-state index in [0.29, 0.717) is 6.54 Å². The molecule has 90 valence electrons. The Balaban J connectivity index is 2.25. The van der Waals surface area contributed by atoms with Crippen LogP contribution < -0.4 is 5.32 Å². The largest absolute Gasteiger partial charge is 0.366 e. The summed E-state index contributed by atoms with van der Waals surface area (Å²) >= 11 is 4.98. The van der Waals surface area contributed by atoms with Crippen LogP contribution in [0.15, 0.2) is 15.9 Å². The monoisotopic (exact) mass is 305 g/mol. The van der Waals surface area contributed by atoms with E-state index in [1.54, 1.807) is 11.3 Å². The number of carbonyl (C=O) groups excluding carboxylic acids is 1. The Morgan fingerprint density at radius 1 is 1.56 bits per heavy atom. The van der Waals surface area contributed by atoms with Crippen LogP contribution in [0.4, 0.5) is 0 Å². The van der Waals surface area contributed by atoms with E-state index < -0.39 is 0 Å². The fourth-order valence-corrected chi connectivity index (χ4v) is 2.36. The van der Waals surface area contributed by atoms with Crippen molar-refractivity contribution in [1.82, 2.24) is 5.32 Å². The average Bonchev–Trinajstić information content (AvgIpc) is 2.57. The van der Waals surface area contributed by atoms with Gasteiger partial charge in [0.25, 0.3) is 0 Å². The Kier molecular flexibility index (Phi) is 4.95. The molecule has 0 aliphatic rings. The molecular weight excluding hydrogens is 290 g/mol. The summed E-state index contributed by atoms with van der Waals surface area (Å²) in [5, 5.41) is 4.80. The first-order valence-corrected chi connectivity index (χ1v) is 6.68. The second-order valence-corrected chi connectivity index (χ2v) is 6.32. The number of thiophene rings is 1. The maximum absolute atomic E-state index is 11.4. The van der Waals surface area contributed by atoms with E-state index in [1.807, 2.05) is 32.2 Å². The van der Waals surface area contributed by atoms with Gasteiger partial charge in [0, 0.05) is 14.7 Å². The van der Waals surface area contributed by atoms with Crippen LogP contribution in [-0.4, -0.2) is 18.1 Å². The Bertz CT molecular complexity index is 357. The molecule has 0 spiro atoms. The Labute approximate surface area is 108 Å². The van der Waals surface area contributed by atoms with Gasteiger partial charge in [-0.3, -0.25) is 4.79 Å². The predicted molar refractivity (Wildman–Crippen MR) is 69.6 cm³/mol. The minimum atomic E-state index is -0.275. The summed E-state index contributed by atoms with van der Waals surface area (Å²) in [5.74, 6) is -0.0838. The third-order valence-electron chi connectivity index (χ3n) is 1.72. The van der Waals surface area contributed by atoms with Crippen LogP contribution in [0.1, 0.15) is 25.6 Å². The molecule has 0 unspecified atom stereocenters. The minimum absolute atomic E-state index is 0.0838. The van der Waals surface area contributed by atoms with Gasteiger partial charge >= 0.3 is 0 Å². The van der Waals surface area contributed by atoms with E-state index in [0.717, 1.165) is 9.35 Å². The van der Waals surface area contributed by atoms with Crippen LogP contribution in [0, 0.1) is 0 Å². The number of nitrogens with one attached hydrogen (secondary N) is 1. The lowest BCUT2D eigenvalue weighted by Crippen LogP contribution is -2.31. The lowest BCUT2D eigenvalue weighted by Gasteiger charge is -2.18. The number of carbonyl (C=O) groups is 1. The molecule has 1 heterocycles. The zero-order chi connectivity index (χ0) is 12.2. The van der Waals surface area contributed by atoms with Gasteiger partial charge in [0.15, 0.2) is 0 Å². The standard InChI is InChI=1S/C11H16BrNO2S/c1-11(2,3)15-6-10(14)13-5-9-4-8(12)7-16-9/h4,7H,5-6H2,1-3H3,(H,13,14). The highest BCUT2D eigenvalue weighted by atomic mass is 79.9. The summed E-state index contributed by atoms with van der Waals surface area (Å²) in [5.41, 5.74) is -0.275. The van der Waals surface area contributed by atoms with Crippen LogP contribution in [0.3, 0.4) is 0 Å². The average molecular weight is 306 g/mol. The second-order valence-electron chi connectivity index (χ2n) is 4.41. The van der Waals surface area contributed by atoms with Gasteiger partial charge in [-0.15, -0.1) is 11.3 Å². The molecular formula is C11H16BrNO2S. The van der Waals surface area contributed by atoms with E-state index in [-0.39, 0.29) is 18.1 Å². The quantitative estimate of drug-likeness (QED) is 0.929. The van der Waals surface area contributed by atoms with Crippen molar-refractivity contribution in [3.05, 3.63) is 20.8 Å². The summed E-state index contributed by atoms with van der Waals surface area (Å²) in [4.78, 5) is 12.5. The Morgan fingerprint density at radius 2 is 2.25 bits per heavy atom. The minimum Gasteiger partial charge on any atom is -0.366 e. The zero-order valence-electron chi connectivity index (χ0n) is 9.67. The van der Waals surface area contributed by atoms with Crippen LogP contribution in [0.2, 0.25) is 0 Å². The molecule has 1 aromatic heterocycles. The third kappa shape index (κ3) is 5.63. The molecule has 0 saturated carbocycles. The van der Waals surface area contributed by atoms with E-state index in [9.17, 15) is 4.79 Å². The van der Waals surface area contributed by atoms with Gasteiger partial charge in [0.2, 0.25) is 5.91 Å². The van der Waals surface area contributed by atoms with Gasteiger partial charge in [-0.25, -0.2) is 0 Å². The van der Waals surface area contributed by atoms with Crippen molar-refractivity contribution in [3.63, 3.8) is 0 Å². The highest BCUT2D eigenvalue weighted by molar-refractivity contribution is 9.10. The molecule has 0 aromatic carbocycles. The van der Waals surface area contributed by atoms with Crippen molar-refractivity contribution >= 4 is 33.2 Å². The summed E-state index contributed by atoms with van der Waals surface area (Å²) in [7, 11) is 0. The first kappa shape index (κ1) is 13.7. The second kappa shape index (κ2) is 5.80. The first-order chi connectivity index (χ1) is 7.37. The van der Waals surface area contributed by atoms with E-state index in [2.05, 4.69) is 21.2 Å². The molecule has 1 aromatic rings. The van der Waals surface area contributed by atoms with Gasteiger partial charge in [0.1, 0.15) is 6.61 Å². The van der Waals surface area contributed by atoms with Crippen LogP contribution >= 0.6 is 27.3 Å². The smallest absolute Gasteiger partial charge is 0.246 e. The van der Waals surface area contributed by atoms with E-state index in [4.69, 9.17) is 4.74 Å². The van der Waals surface area contributed by atoms with E-state index >= 15 is 0 Å². The predicted octanol–water partition coefficient (Wildman–Crippen LogP) is 2.94. The van der Waals surface area contributed by atoms with Gasteiger partial charge < -0.3 is 10.1 Å². The third-order valence-corrected chi connectivity index (χ3v) is 3.42. The molecule has 0 saturated heterocycles. The topological polar surface area (TPSA) is 38.3 Å². The van der Waals surface area contributed by atoms with Gasteiger partial charge in [-0.1, -0.05) is 0 Å². The van der Waals surface area contributed by atoms with Crippen LogP contribution in [-0.2, 0) is 16.1 Å². The van der Waals surface area contributed by atoms with Crippen molar-refractivity contribution < 1.29 is 9.53 Å². The molecule has 16 heavy (non-hydrogen) atoms. The molecule has 0 bridgehead atoms. The number of ether oxygens (including phenoxy) is 1. The summed E-state index contributed by atoms with van der Waals surface area (Å²) in [6, 6.07) is 2.00. The van der Waals surface area contributed by atoms with Crippen molar-refractivity contribution in [2.24, 2.45) is 0 Å². The lowest BCUT2D eigenvalue weighted by molar-refractivity contribution is -0.130. The van der Waals surface area contributed by atoms with Crippen LogP contribution in [0.5, 0.6) is 0 Å². The van der Waals surface area contributed by atoms with Crippen molar-refractivity contribution in [3.8, 4) is 0 Å². The molecule has 1 N–H and O–H groups in total. The van der Waals surface area contributed by atoms with Gasteiger partial charge in [-0.2, -0.15) is 0 Å². The molecule has 0 radical (unpaired) electrons. The zero-order valence-corrected chi connectivity index (χ0v) is 12.1. The molecule has 0 fully saturated rings. The van der Waals surface area contributed by atoms with Crippen LogP contribution in [0.25, 0.3) is 0 Å². The van der Waals surface area contributed by atoms with Gasteiger partial charge in [0.05, 0.1) is 12.1 Å². The van der Waals surface area contributed by atoms with Gasteiger partial charge in [-0.05, 0) is 42.8 Å². The normalized spacial score (nSPS) is 11.5. The summed E-state index contributed by atoms with van der Waals surface area (Å²) in [6.07, 6.45) is 0.